The molecule has 0 fully saturated rings. The lowest BCUT2D eigenvalue weighted by atomic mass is 9.95. The predicted molar refractivity (Wildman–Crippen MR) is 101 cm³/mol. The highest BCUT2D eigenvalue weighted by Crippen LogP contribution is 2.33. The molecule has 1 aliphatic rings. The van der Waals surface area contributed by atoms with Crippen molar-refractivity contribution in [3.05, 3.63) is 35.0 Å². The molecule has 1 atom stereocenters. The van der Waals surface area contributed by atoms with Crippen molar-refractivity contribution in [1.29, 1.82) is 0 Å². The number of urea groups is 1. The van der Waals surface area contributed by atoms with Gasteiger partial charge in [-0.1, -0.05) is 38.7 Å². The standard InChI is InChI=1S/C20H28N2O5/c1-4-5-6-7-8-11-27-19(24)17-13(2)21-20(25)22-18(17)14-9-10-15(23)16(12-14)26-3/h9-10,12,18,23H,4-8,11H2,1-3H3,(H2,21,22,25)/t18-/m1/s1. The maximum Gasteiger partial charge on any atom is 0.338 e. The summed E-state index contributed by atoms with van der Waals surface area (Å²) in [6.45, 7) is 4.16. The van der Waals surface area contributed by atoms with Gasteiger partial charge in [0.25, 0.3) is 0 Å². The first-order valence-electron chi connectivity index (χ1n) is 9.30. The largest absolute Gasteiger partial charge is 0.504 e. The number of allylic oxidation sites excluding steroid dienone is 1. The number of amides is 2. The van der Waals surface area contributed by atoms with Crippen LogP contribution in [-0.2, 0) is 9.53 Å². The molecule has 0 bridgehead atoms. The van der Waals surface area contributed by atoms with Gasteiger partial charge in [-0.05, 0) is 31.0 Å². The molecular formula is C20H28N2O5. The Hall–Kier alpha value is -2.70. The number of carbonyl (C=O) groups excluding carboxylic acids is 2. The summed E-state index contributed by atoms with van der Waals surface area (Å²) in [5.41, 5.74) is 1.41. The summed E-state index contributed by atoms with van der Waals surface area (Å²) in [7, 11) is 1.44. The van der Waals surface area contributed by atoms with E-state index in [1.165, 1.54) is 19.6 Å². The number of phenolic OH excluding ortho intramolecular Hbond substituents is 1. The summed E-state index contributed by atoms with van der Waals surface area (Å²) in [5.74, 6) is -0.215. The number of ether oxygens (including phenoxy) is 2. The van der Waals surface area contributed by atoms with Crippen LogP contribution >= 0.6 is 0 Å². The molecule has 27 heavy (non-hydrogen) atoms. The maximum absolute atomic E-state index is 12.7. The van der Waals surface area contributed by atoms with Crippen LogP contribution in [0.2, 0.25) is 0 Å². The van der Waals surface area contributed by atoms with E-state index in [4.69, 9.17) is 9.47 Å². The normalized spacial score (nSPS) is 16.6. The van der Waals surface area contributed by atoms with Crippen LogP contribution in [0.1, 0.15) is 57.6 Å². The van der Waals surface area contributed by atoms with Crippen LogP contribution in [0.15, 0.2) is 29.5 Å². The molecule has 0 saturated heterocycles. The predicted octanol–water partition coefficient (Wildman–Crippen LogP) is 3.54. The monoisotopic (exact) mass is 376 g/mol. The van der Waals surface area contributed by atoms with Gasteiger partial charge in [-0.2, -0.15) is 0 Å². The minimum absolute atomic E-state index is 0.0154. The summed E-state index contributed by atoms with van der Waals surface area (Å²) >= 11 is 0. The molecule has 1 aliphatic heterocycles. The Kier molecular flexibility index (Phi) is 7.52. The first kappa shape index (κ1) is 20.6. The summed E-state index contributed by atoms with van der Waals surface area (Å²) < 4.78 is 10.6. The zero-order chi connectivity index (χ0) is 19.8. The number of unbranched alkanes of at least 4 members (excludes halogenated alkanes) is 4. The summed E-state index contributed by atoms with van der Waals surface area (Å²) in [5, 5.41) is 15.1. The number of nitrogens with one attached hydrogen (secondary N) is 2. The molecule has 7 heteroatoms. The zero-order valence-electron chi connectivity index (χ0n) is 16.1. The second-order valence-corrected chi connectivity index (χ2v) is 6.55. The third kappa shape index (κ3) is 5.39. The summed E-state index contributed by atoms with van der Waals surface area (Å²) in [6.07, 6.45) is 5.31. The Morgan fingerprint density at radius 3 is 2.67 bits per heavy atom. The van der Waals surface area contributed by atoms with E-state index in [0.717, 1.165) is 25.7 Å². The van der Waals surface area contributed by atoms with E-state index in [-0.39, 0.29) is 11.5 Å². The fraction of sp³-hybridized carbons (Fsp3) is 0.500. The van der Waals surface area contributed by atoms with Gasteiger partial charge in [0.05, 0.1) is 25.3 Å². The third-order valence-corrected chi connectivity index (χ3v) is 4.51. The number of hydrogen-bond donors (Lipinski definition) is 3. The van der Waals surface area contributed by atoms with Crippen molar-refractivity contribution in [3.8, 4) is 11.5 Å². The Morgan fingerprint density at radius 2 is 1.96 bits per heavy atom. The molecule has 1 aromatic rings. The molecule has 0 spiro atoms. The molecule has 0 radical (unpaired) electrons. The van der Waals surface area contributed by atoms with Crippen molar-refractivity contribution in [1.82, 2.24) is 10.6 Å². The Balaban J connectivity index is 2.14. The van der Waals surface area contributed by atoms with Gasteiger partial charge in [-0.15, -0.1) is 0 Å². The van der Waals surface area contributed by atoms with E-state index < -0.39 is 18.0 Å². The first-order valence-corrected chi connectivity index (χ1v) is 9.30. The van der Waals surface area contributed by atoms with Crippen molar-refractivity contribution >= 4 is 12.0 Å². The van der Waals surface area contributed by atoms with Gasteiger partial charge < -0.3 is 25.2 Å². The van der Waals surface area contributed by atoms with Crippen LogP contribution in [-0.4, -0.2) is 30.8 Å². The van der Waals surface area contributed by atoms with Gasteiger partial charge in [0, 0.05) is 5.70 Å². The van der Waals surface area contributed by atoms with Crippen molar-refractivity contribution in [2.75, 3.05) is 13.7 Å². The van der Waals surface area contributed by atoms with Crippen LogP contribution in [0.3, 0.4) is 0 Å². The van der Waals surface area contributed by atoms with Crippen molar-refractivity contribution in [2.45, 2.75) is 52.0 Å². The van der Waals surface area contributed by atoms with Crippen LogP contribution in [0, 0.1) is 0 Å². The smallest absolute Gasteiger partial charge is 0.338 e. The molecule has 3 N–H and O–H groups in total. The van der Waals surface area contributed by atoms with Gasteiger partial charge in [0.2, 0.25) is 0 Å². The van der Waals surface area contributed by atoms with E-state index in [0.29, 0.717) is 23.4 Å². The number of carbonyl (C=O) groups is 2. The molecule has 0 saturated carbocycles. The number of aromatic hydroxyl groups is 1. The fourth-order valence-corrected chi connectivity index (χ4v) is 3.04. The minimum atomic E-state index is -0.680. The molecule has 0 aromatic heterocycles. The topological polar surface area (TPSA) is 96.9 Å². The van der Waals surface area contributed by atoms with Crippen molar-refractivity contribution in [3.63, 3.8) is 0 Å². The van der Waals surface area contributed by atoms with Gasteiger partial charge in [0.15, 0.2) is 11.5 Å². The molecule has 1 heterocycles. The second kappa shape index (κ2) is 9.85. The van der Waals surface area contributed by atoms with E-state index in [1.807, 2.05) is 0 Å². The molecule has 0 unspecified atom stereocenters. The highest BCUT2D eigenvalue weighted by Gasteiger charge is 2.32. The Bertz CT molecular complexity index is 714. The average molecular weight is 376 g/mol. The molecule has 148 valence electrons. The highest BCUT2D eigenvalue weighted by atomic mass is 16.5. The number of phenols is 1. The van der Waals surface area contributed by atoms with Crippen LogP contribution in [0.4, 0.5) is 4.79 Å². The Morgan fingerprint density at radius 1 is 1.22 bits per heavy atom. The highest BCUT2D eigenvalue weighted by molar-refractivity contribution is 5.95. The summed E-state index contributed by atoms with van der Waals surface area (Å²) in [4.78, 5) is 24.6. The van der Waals surface area contributed by atoms with Crippen LogP contribution < -0.4 is 15.4 Å². The van der Waals surface area contributed by atoms with E-state index in [9.17, 15) is 14.7 Å². The number of rotatable bonds is 9. The molecule has 2 amide bonds. The number of methoxy groups -OCH3 is 1. The lowest BCUT2D eigenvalue weighted by Crippen LogP contribution is -2.45. The lowest BCUT2D eigenvalue weighted by Gasteiger charge is -2.28. The van der Waals surface area contributed by atoms with Gasteiger partial charge in [0.1, 0.15) is 0 Å². The van der Waals surface area contributed by atoms with Gasteiger partial charge >= 0.3 is 12.0 Å². The molecule has 1 aromatic carbocycles. The second-order valence-electron chi connectivity index (χ2n) is 6.55. The number of esters is 1. The van der Waals surface area contributed by atoms with Gasteiger partial charge in [-0.25, -0.2) is 9.59 Å². The SMILES string of the molecule is CCCCCCCOC(=O)C1=C(C)NC(=O)N[C@@H]1c1ccc(O)c(OC)c1. The van der Waals surface area contributed by atoms with Gasteiger partial charge in [-0.3, -0.25) is 0 Å². The number of hydrogen-bond acceptors (Lipinski definition) is 5. The maximum atomic E-state index is 12.7. The zero-order valence-corrected chi connectivity index (χ0v) is 16.1. The minimum Gasteiger partial charge on any atom is -0.504 e. The van der Waals surface area contributed by atoms with Crippen LogP contribution in [0.25, 0.3) is 0 Å². The average Bonchev–Trinajstić information content (AvgIpc) is 2.64. The molecule has 2 rings (SSSR count). The first-order chi connectivity index (χ1) is 13.0. The molecule has 0 aliphatic carbocycles. The van der Waals surface area contributed by atoms with E-state index in [1.54, 1.807) is 19.1 Å². The van der Waals surface area contributed by atoms with Crippen LogP contribution in [0.5, 0.6) is 11.5 Å². The Labute approximate surface area is 159 Å². The molecular weight excluding hydrogens is 348 g/mol. The van der Waals surface area contributed by atoms with Crippen molar-refractivity contribution in [2.24, 2.45) is 0 Å². The summed E-state index contributed by atoms with van der Waals surface area (Å²) in [6, 6.07) is 3.62. The third-order valence-electron chi connectivity index (χ3n) is 4.51. The number of benzene rings is 1. The lowest BCUT2D eigenvalue weighted by molar-refractivity contribution is -0.139. The van der Waals surface area contributed by atoms with Crippen molar-refractivity contribution < 1.29 is 24.2 Å². The van der Waals surface area contributed by atoms with E-state index in [2.05, 4.69) is 17.6 Å². The van der Waals surface area contributed by atoms with E-state index >= 15 is 0 Å². The quantitative estimate of drug-likeness (QED) is 0.452. The molecule has 7 nitrogen and oxygen atoms in total. The fourth-order valence-electron chi connectivity index (χ4n) is 3.04.